The van der Waals surface area contributed by atoms with E-state index in [1.54, 1.807) is 30.5 Å². The number of nitrogens with one attached hydrogen (secondary N) is 1. The molecule has 3 aliphatic rings. The second-order valence-electron chi connectivity index (χ2n) is 15.4. The number of aryl methyl sites for hydroxylation is 1. The Morgan fingerprint density at radius 2 is 1.65 bits per heavy atom. The number of ether oxygens (including phenoxy) is 3. The molecule has 8 rings (SSSR count). The van der Waals surface area contributed by atoms with Gasteiger partial charge in [-0.3, -0.25) is 14.6 Å². The summed E-state index contributed by atoms with van der Waals surface area (Å²) in [4.78, 5) is 46.7. The number of aliphatic carboxylic acids is 1. The molecule has 1 saturated carbocycles. The van der Waals surface area contributed by atoms with Crippen LogP contribution in [-0.4, -0.2) is 58.1 Å². The Morgan fingerprint density at radius 3 is 2.39 bits per heavy atom. The Bertz CT molecular complexity index is 2250. The average Bonchev–Trinajstić information content (AvgIpc) is 3.77. The number of fused-ring (bicyclic) bond motifs is 2. The average molecular weight is 766 g/mol. The van der Waals surface area contributed by atoms with Crippen LogP contribution in [-0.2, 0) is 29.0 Å². The molecule has 10 heteroatoms. The quantitative estimate of drug-likeness (QED) is 0.139. The maximum absolute atomic E-state index is 14.1. The number of carbonyl (C=O) groups excluding carboxylic acids is 2. The number of carboxylic acid groups (broad SMARTS) is 1. The Kier molecular flexibility index (Phi) is 10.9. The number of benzene rings is 4. The van der Waals surface area contributed by atoms with Gasteiger partial charge in [0.15, 0.2) is 17.6 Å². The first-order chi connectivity index (χ1) is 27.7. The van der Waals surface area contributed by atoms with Gasteiger partial charge in [0.25, 0.3) is 5.91 Å². The molecule has 0 saturated heterocycles. The van der Waals surface area contributed by atoms with E-state index in [0.717, 1.165) is 57.0 Å². The van der Waals surface area contributed by atoms with Crippen molar-refractivity contribution in [2.45, 2.75) is 77.1 Å². The molecular weight excluding hydrogens is 719 g/mol. The van der Waals surface area contributed by atoms with Crippen LogP contribution in [0, 0.1) is 19.8 Å². The molecule has 0 unspecified atom stereocenters. The van der Waals surface area contributed by atoms with Gasteiger partial charge < -0.3 is 29.5 Å². The molecule has 10 nitrogen and oxygen atoms in total. The third kappa shape index (κ3) is 8.36. The number of amides is 2. The monoisotopic (exact) mass is 765 g/mol. The van der Waals surface area contributed by atoms with Crippen LogP contribution in [0.1, 0.15) is 75.7 Å². The van der Waals surface area contributed by atoms with Crippen LogP contribution >= 0.6 is 0 Å². The van der Waals surface area contributed by atoms with Crippen molar-refractivity contribution in [2.75, 3.05) is 13.2 Å². The lowest BCUT2D eigenvalue weighted by Gasteiger charge is -2.37. The summed E-state index contributed by atoms with van der Waals surface area (Å²) in [5.74, 6) is 0.574. The van der Waals surface area contributed by atoms with Crippen molar-refractivity contribution in [1.29, 1.82) is 0 Å². The minimum atomic E-state index is -1.21. The van der Waals surface area contributed by atoms with Crippen LogP contribution in [0.5, 0.6) is 17.2 Å². The zero-order valence-corrected chi connectivity index (χ0v) is 32.3. The molecule has 292 valence electrons. The van der Waals surface area contributed by atoms with Crippen molar-refractivity contribution in [3.63, 3.8) is 0 Å². The van der Waals surface area contributed by atoms with Crippen molar-refractivity contribution in [2.24, 2.45) is 5.92 Å². The number of carboxylic acids is 1. The summed E-state index contributed by atoms with van der Waals surface area (Å²) in [5.41, 5.74) is 7.89. The standard InChI is InChI=1S/C47H47N3O7/c1-29-30(2)48-21-20-39(29)33-14-12-31(13-15-33)22-40(47(53)54)49-45(51)41-23-36-24-42-43(25-37(36)26-50(41)46(52)35-10-4-3-5-11-35)57-44(28-56-42)34-16-18-38(19-17-34)55-27-32-8-6-7-9-32/h3-5,10-21,24-25,32,40-41,44H,6-9,22-23,26-28H2,1-2H3,(H,49,51)(H,53,54)/t40-,41-,44+/m0/s1. The zero-order valence-electron chi connectivity index (χ0n) is 32.3. The third-order valence-corrected chi connectivity index (χ3v) is 11.6. The van der Waals surface area contributed by atoms with Crippen LogP contribution in [0.15, 0.2) is 103 Å². The van der Waals surface area contributed by atoms with Crippen LogP contribution < -0.4 is 19.5 Å². The Morgan fingerprint density at radius 1 is 0.912 bits per heavy atom. The molecule has 3 atom stereocenters. The van der Waals surface area contributed by atoms with E-state index >= 15 is 0 Å². The minimum absolute atomic E-state index is 0.0711. The highest BCUT2D eigenvalue weighted by Crippen LogP contribution is 2.41. The summed E-state index contributed by atoms with van der Waals surface area (Å²) in [6.45, 7) is 5.17. The van der Waals surface area contributed by atoms with Gasteiger partial charge in [-0.15, -0.1) is 0 Å². The van der Waals surface area contributed by atoms with Gasteiger partial charge in [0, 0.05) is 36.8 Å². The van der Waals surface area contributed by atoms with Gasteiger partial charge in [-0.05, 0) is 114 Å². The van der Waals surface area contributed by atoms with Crippen molar-refractivity contribution < 1.29 is 33.7 Å². The summed E-state index contributed by atoms with van der Waals surface area (Å²) < 4.78 is 18.8. The number of carbonyl (C=O) groups is 3. The minimum Gasteiger partial charge on any atom is -0.493 e. The summed E-state index contributed by atoms with van der Waals surface area (Å²) >= 11 is 0. The molecule has 3 heterocycles. The predicted molar refractivity (Wildman–Crippen MR) is 215 cm³/mol. The number of nitrogens with zero attached hydrogens (tertiary/aromatic N) is 2. The molecule has 0 bridgehead atoms. The van der Waals surface area contributed by atoms with E-state index in [2.05, 4.69) is 10.3 Å². The molecular formula is C47H47N3O7. The third-order valence-electron chi connectivity index (χ3n) is 11.6. The van der Waals surface area contributed by atoms with Crippen molar-refractivity contribution in [3.8, 4) is 28.4 Å². The van der Waals surface area contributed by atoms with E-state index in [-0.39, 0.29) is 31.4 Å². The summed E-state index contributed by atoms with van der Waals surface area (Å²) in [7, 11) is 0. The summed E-state index contributed by atoms with van der Waals surface area (Å²) in [6, 6.07) is 28.0. The maximum Gasteiger partial charge on any atom is 0.326 e. The van der Waals surface area contributed by atoms with Gasteiger partial charge in [-0.25, -0.2) is 4.79 Å². The number of hydrogen-bond acceptors (Lipinski definition) is 7. The van der Waals surface area contributed by atoms with E-state index in [4.69, 9.17) is 14.2 Å². The first-order valence-corrected chi connectivity index (χ1v) is 19.8. The Balaban J connectivity index is 0.989. The highest BCUT2D eigenvalue weighted by atomic mass is 16.6. The molecule has 1 aliphatic carbocycles. The van der Waals surface area contributed by atoms with Crippen LogP contribution in [0.4, 0.5) is 0 Å². The number of pyridine rings is 1. The van der Waals surface area contributed by atoms with E-state index in [1.165, 1.54) is 30.6 Å². The normalized spacial score (nSPS) is 18.0. The second-order valence-corrected chi connectivity index (χ2v) is 15.4. The first-order valence-electron chi connectivity index (χ1n) is 19.8. The van der Waals surface area contributed by atoms with Gasteiger partial charge >= 0.3 is 5.97 Å². The van der Waals surface area contributed by atoms with E-state index in [1.807, 2.05) is 86.6 Å². The fourth-order valence-corrected chi connectivity index (χ4v) is 8.16. The van der Waals surface area contributed by atoms with Crippen LogP contribution in [0.2, 0.25) is 0 Å². The summed E-state index contributed by atoms with van der Waals surface area (Å²) in [6.07, 6.45) is 6.71. The maximum atomic E-state index is 14.1. The Labute approximate surface area is 332 Å². The lowest BCUT2D eigenvalue weighted by atomic mass is 9.91. The van der Waals surface area contributed by atoms with E-state index in [0.29, 0.717) is 29.6 Å². The molecule has 2 N–H and O–H groups in total. The Hall–Kier alpha value is -6.16. The molecule has 2 aliphatic heterocycles. The highest BCUT2D eigenvalue weighted by Gasteiger charge is 2.38. The molecule has 1 aromatic heterocycles. The van der Waals surface area contributed by atoms with Gasteiger partial charge in [-0.1, -0.05) is 67.4 Å². The number of rotatable bonds is 11. The molecule has 2 amide bonds. The topological polar surface area (TPSA) is 127 Å². The smallest absolute Gasteiger partial charge is 0.326 e. The SMILES string of the molecule is Cc1nccc(-c2ccc(C[C@H](NC(=O)[C@@H]3Cc4cc5c(cc4CN3C(=O)c3ccccc3)O[C@@H](c3ccc(OCC4CCCC4)cc3)CO5)C(=O)O)cc2)c1C. The van der Waals surface area contributed by atoms with Gasteiger partial charge in [0.1, 0.15) is 24.4 Å². The lowest BCUT2D eigenvalue weighted by molar-refractivity contribution is -0.142. The second kappa shape index (κ2) is 16.5. The van der Waals surface area contributed by atoms with Crippen LogP contribution in [0.3, 0.4) is 0 Å². The van der Waals surface area contributed by atoms with Gasteiger partial charge in [0.2, 0.25) is 5.91 Å². The molecule has 0 spiro atoms. The van der Waals surface area contributed by atoms with Gasteiger partial charge in [0.05, 0.1) is 6.61 Å². The largest absolute Gasteiger partial charge is 0.493 e. The zero-order chi connectivity index (χ0) is 39.5. The molecule has 57 heavy (non-hydrogen) atoms. The summed E-state index contributed by atoms with van der Waals surface area (Å²) in [5, 5.41) is 13.0. The van der Waals surface area contributed by atoms with Crippen molar-refractivity contribution in [1.82, 2.24) is 15.2 Å². The van der Waals surface area contributed by atoms with E-state index < -0.39 is 24.0 Å². The van der Waals surface area contributed by atoms with Crippen molar-refractivity contribution in [3.05, 3.63) is 142 Å². The first kappa shape index (κ1) is 37.7. The molecule has 4 aromatic carbocycles. The predicted octanol–water partition coefficient (Wildman–Crippen LogP) is 7.83. The highest BCUT2D eigenvalue weighted by molar-refractivity contribution is 5.98. The fraction of sp³-hybridized carbons (Fsp3) is 0.319. The van der Waals surface area contributed by atoms with Gasteiger partial charge in [-0.2, -0.15) is 0 Å². The molecule has 0 radical (unpaired) electrons. The van der Waals surface area contributed by atoms with Crippen LogP contribution in [0.25, 0.3) is 11.1 Å². The molecule has 1 fully saturated rings. The number of aromatic nitrogens is 1. The lowest BCUT2D eigenvalue weighted by Crippen LogP contribution is -2.56. The molecule has 5 aromatic rings. The fourth-order valence-electron chi connectivity index (χ4n) is 8.16. The van der Waals surface area contributed by atoms with Crippen molar-refractivity contribution >= 4 is 17.8 Å². The van der Waals surface area contributed by atoms with E-state index in [9.17, 15) is 19.5 Å². The number of hydrogen-bond donors (Lipinski definition) is 2.